The number of benzene rings is 1. The van der Waals surface area contributed by atoms with E-state index in [1.165, 1.54) is 0 Å². The Balaban J connectivity index is 1.86. The summed E-state index contributed by atoms with van der Waals surface area (Å²) in [4.78, 5) is 23.3. The lowest BCUT2D eigenvalue weighted by Gasteiger charge is -2.06. The van der Waals surface area contributed by atoms with Crippen molar-refractivity contribution in [1.82, 2.24) is 5.32 Å². The van der Waals surface area contributed by atoms with Gasteiger partial charge in [-0.2, -0.15) is 0 Å². The maximum absolute atomic E-state index is 11.8. The molecule has 0 unspecified atom stereocenters. The third-order valence-electron chi connectivity index (χ3n) is 2.88. The lowest BCUT2D eigenvalue weighted by molar-refractivity contribution is -0.116. The smallest absolute Gasteiger partial charge is 0.251 e. The summed E-state index contributed by atoms with van der Waals surface area (Å²) in [6.45, 7) is 0. The van der Waals surface area contributed by atoms with E-state index in [4.69, 9.17) is 11.6 Å². The summed E-state index contributed by atoms with van der Waals surface area (Å²) in [6, 6.07) is 7.26. The molecular weight excluding hydrogens is 264 g/mol. The Kier molecular flexibility index (Phi) is 4.80. The normalized spacial score (nSPS) is 13.9. The summed E-state index contributed by atoms with van der Waals surface area (Å²) in [5.74, 6) is 0.367. The second kappa shape index (κ2) is 6.57. The Morgan fingerprint density at radius 1 is 1.21 bits per heavy atom. The molecule has 0 saturated heterocycles. The first-order chi connectivity index (χ1) is 9.19. The maximum atomic E-state index is 11.8. The fourth-order valence-electron chi connectivity index (χ4n) is 1.65. The molecule has 2 amide bonds. The van der Waals surface area contributed by atoms with Crippen LogP contribution in [0.1, 0.15) is 36.0 Å². The van der Waals surface area contributed by atoms with Gasteiger partial charge >= 0.3 is 0 Å². The van der Waals surface area contributed by atoms with E-state index in [2.05, 4.69) is 10.6 Å². The van der Waals surface area contributed by atoms with Crippen LogP contribution in [0, 0.1) is 0 Å². The predicted molar refractivity (Wildman–Crippen MR) is 75.5 cm³/mol. The Morgan fingerprint density at radius 3 is 2.47 bits per heavy atom. The Hall–Kier alpha value is -1.55. The van der Waals surface area contributed by atoms with Crippen LogP contribution in [-0.2, 0) is 4.79 Å². The number of carbonyl (C=O) groups is 2. The fourth-order valence-corrected chi connectivity index (χ4v) is 1.79. The number of halogens is 1. The van der Waals surface area contributed by atoms with Crippen molar-refractivity contribution >= 4 is 29.1 Å². The Morgan fingerprint density at radius 2 is 1.89 bits per heavy atom. The molecular formula is C14H17ClN2O2. The van der Waals surface area contributed by atoms with Crippen LogP contribution in [0.4, 0.5) is 5.69 Å². The van der Waals surface area contributed by atoms with Crippen molar-refractivity contribution in [2.24, 2.45) is 0 Å². The highest BCUT2D eigenvalue weighted by molar-refractivity contribution is 6.18. The van der Waals surface area contributed by atoms with E-state index in [1.807, 2.05) is 0 Å². The van der Waals surface area contributed by atoms with Crippen LogP contribution in [0.5, 0.6) is 0 Å². The van der Waals surface area contributed by atoms with Gasteiger partial charge in [0.25, 0.3) is 5.91 Å². The molecule has 4 nitrogen and oxygen atoms in total. The first-order valence-electron chi connectivity index (χ1n) is 6.46. The molecule has 1 aromatic rings. The van der Waals surface area contributed by atoms with E-state index in [9.17, 15) is 9.59 Å². The molecule has 1 aliphatic rings. The minimum Gasteiger partial charge on any atom is -0.349 e. The second-order valence-electron chi connectivity index (χ2n) is 4.67. The van der Waals surface area contributed by atoms with Gasteiger partial charge in [-0.05, 0) is 43.5 Å². The van der Waals surface area contributed by atoms with E-state index < -0.39 is 0 Å². The van der Waals surface area contributed by atoms with E-state index in [1.54, 1.807) is 24.3 Å². The second-order valence-corrected chi connectivity index (χ2v) is 5.04. The topological polar surface area (TPSA) is 58.2 Å². The average molecular weight is 281 g/mol. The van der Waals surface area contributed by atoms with Gasteiger partial charge < -0.3 is 10.6 Å². The quantitative estimate of drug-likeness (QED) is 0.787. The van der Waals surface area contributed by atoms with Crippen LogP contribution in [0.2, 0.25) is 0 Å². The minimum atomic E-state index is -0.0594. The van der Waals surface area contributed by atoms with Crippen molar-refractivity contribution in [3.63, 3.8) is 0 Å². The van der Waals surface area contributed by atoms with Crippen molar-refractivity contribution in [1.29, 1.82) is 0 Å². The van der Waals surface area contributed by atoms with E-state index in [0.29, 0.717) is 36.0 Å². The van der Waals surface area contributed by atoms with Gasteiger partial charge in [0.1, 0.15) is 0 Å². The van der Waals surface area contributed by atoms with Crippen molar-refractivity contribution in [2.75, 3.05) is 11.2 Å². The molecule has 2 rings (SSSR count). The highest BCUT2D eigenvalue weighted by Gasteiger charge is 2.23. The molecule has 1 saturated carbocycles. The van der Waals surface area contributed by atoms with Gasteiger partial charge in [0.15, 0.2) is 0 Å². The molecule has 0 atom stereocenters. The molecule has 1 aromatic carbocycles. The number of nitrogens with one attached hydrogen (secondary N) is 2. The van der Waals surface area contributed by atoms with Gasteiger partial charge in [0.2, 0.25) is 5.91 Å². The molecule has 5 heteroatoms. The summed E-state index contributed by atoms with van der Waals surface area (Å²) in [6.07, 6.45) is 3.21. The van der Waals surface area contributed by atoms with E-state index in [0.717, 1.165) is 12.8 Å². The maximum Gasteiger partial charge on any atom is 0.251 e. The van der Waals surface area contributed by atoms with Crippen molar-refractivity contribution in [3.05, 3.63) is 29.8 Å². The molecule has 0 spiro atoms. The summed E-state index contributed by atoms with van der Waals surface area (Å²) in [5.41, 5.74) is 1.31. The summed E-state index contributed by atoms with van der Waals surface area (Å²) in [5, 5.41) is 5.68. The van der Waals surface area contributed by atoms with E-state index in [-0.39, 0.29) is 11.8 Å². The van der Waals surface area contributed by atoms with Crippen LogP contribution in [0.15, 0.2) is 24.3 Å². The van der Waals surface area contributed by atoms with Gasteiger partial charge in [-0.1, -0.05) is 0 Å². The third kappa shape index (κ3) is 4.56. The van der Waals surface area contributed by atoms with E-state index >= 15 is 0 Å². The van der Waals surface area contributed by atoms with Gasteiger partial charge in [-0.3, -0.25) is 9.59 Å². The van der Waals surface area contributed by atoms with Gasteiger partial charge in [0, 0.05) is 29.6 Å². The fraction of sp³-hybridized carbons (Fsp3) is 0.429. The number of amides is 2. The molecule has 0 radical (unpaired) electrons. The van der Waals surface area contributed by atoms with Crippen LogP contribution in [0.3, 0.4) is 0 Å². The molecule has 1 aliphatic carbocycles. The first kappa shape index (κ1) is 13.9. The van der Waals surface area contributed by atoms with Crippen LogP contribution >= 0.6 is 11.6 Å². The number of rotatable bonds is 6. The molecule has 19 heavy (non-hydrogen) atoms. The monoisotopic (exact) mass is 280 g/mol. The average Bonchev–Trinajstić information content (AvgIpc) is 3.21. The van der Waals surface area contributed by atoms with Crippen molar-refractivity contribution in [3.8, 4) is 0 Å². The number of anilines is 1. The largest absolute Gasteiger partial charge is 0.349 e. The van der Waals surface area contributed by atoms with Crippen molar-refractivity contribution < 1.29 is 9.59 Å². The summed E-state index contributed by atoms with van der Waals surface area (Å²) < 4.78 is 0. The van der Waals surface area contributed by atoms with Gasteiger partial charge in [-0.15, -0.1) is 11.6 Å². The molecule has 2 N–H and O–H groups in total. The molecule has 1 fully saturated rings. The first-order valence-corrected chi connectivity index (χ1v) is 6.99. The number of alkyl halides is 1. The highest BCUT2D eigenvalue weighted by atomic mass is 35.5. The van der Waals surface area contributed by atoms with Crippen LogP contribution < -0.4 is 10.6 Å². The highest BCUT2D eigenvalue weighted by Crippen LogP contribution is 2.19. The molecule has 0 aliphatic heterocycles. The van der Waals surface area contributed by atoms with Crippen LogP contribution in [0.25, 0.3) is 0 Å². The Bertz CT molecular complexity index is 455. The standard InChI is InChI=1S/C14H17ClN2O2/c15-9-1-2-13(18)16-11-5-3-10(4-6-11)14(19)17-12-7-8-12/h3-6,12H,1-2,7-9H2,(H,16,18)(H,17,19). The lowest BCUT2D eigenvalue weighted by Crippen LogP contribution is -2.25. The zero-order chi connectivity index (χ0) is 13.7. The third-order valence-corrected chi connectivity index (χ3v) is 3.15. The molecule has 102 valence electrons. The van der Waals surface area contributed by atoms with Crippen molar-refractivity contribution in [2.45, 2.75) is 31.7 Å². The Labute approximate surface area is 117 Å². The number of hydrogen-bond acceptors (Lipinski definition) is 2. The SMILES string of the molecule is O=C(CCCCl)Nc1ccc(C(=O)NC2CC2)cc1. The molecule has 0 aromatic heterocycles. The molecule has 0 heterocycles. The summed E-state index contributed by atoms with van der Waals surface area (Å²) >= 11 is 5.53. The number of carbonyl (C=O) groups excluding carboxylic acids is 2. The lowest BCUT2D eigenvalue weighted by atomic mass is 10.2. The zero-order valence-corrected chi connectivity index (χ0v) is 11.4. The minimum absolute atomic E-state index is 0.0532. The van der Waals surface area contributed by atoms with Gasteiger partial charge in [0.05, 0.1) is 0 Å². The van der Waals surface area contributed by atoms with Gasteiger partial charge in [-0.25, -0.2) is 0 Å². The predicted octanol–water partition coefficient (Wildman–Crippen LogP) is 2.54. The summed E-state index contributed by atoms with van der Waals surface area (Å²) in [7, 11) is 0. The van der Waals surface area contributed by atoms with Crippen LogP contribution in [-0.4, -0.2) is 23.7 Å². The molecule has 0 bridgehead atoms. The zero-order valence-electron chi connectivity index (χ0n) is 10.6. The number of hydrogen-bond donors (Lipinski definition) is 2.